The lowest BCUT2D eigenvalue weighted by atomic mass is 10.0. The van der Waals surface area contributed by atoms with Gasteiger partial charge in [-0.2, -0.15) is 0 Å². The monoisotopic (exact) mass is 593 g/mol. The number of unbranched alkanes of at least 4 members (excludes halogenated alkanes) is 14. The van der Waals surface area contributed by atoms with Crippen LogP contribution in [0, 0.1) is 0 Å². The molecule has 5 rings (SSSR count). The molecule has 6 heteroatoms. The molecule has 1 N–H and O–H groups in total. The van der Waals surface area contributed by atoms with E-state index in [0.717, 1.165) is 45.8 Å². The summed E-state index contributed by atoms with van der Waals surface area (Å²) in [5, 5.41) is 14.7. The highest BCUT2D eigenvalue weighted by molar-refractivity contribution is 6.06. The van der Waals surface area contributed by atoms with Crippen LogP contribution in [0.3, 0.4) is 0 Å². The normalized spacial score (nSPS) is 11.5. The number of nitrogens with zero attached hydrogens (tertiary/aromatic N) is 2. The Labute approximate surface area is 261 Å². The van der Waals surface area contributed by atoms with Crippen LogP contribution in [0.4, 0.5) is 5.69 Å². The number of hydrogen-bond donors (Lipinski definition) is 1. The Morgan fingerprint density at radius 2 is 1.25 bits per heavy atom. The second-order valence-electron chi connectivity index (χ2n) is 12.0. The van der Waals surface area contributed by atoms with Gasteiger partial charge in [-0.3, -0.25) is 4.79 Å². The molecule has 2 heterocycles. The molecule has 3 aromatic carbocycles. The molecule has 2 aromatic heterocycles. The van der Waals surface area contributed by atoms with Gasteiger partial charge in [0, 0.05) is 23.1 Å². The van der Waals surface area contributed by atoms with E-state index in [2.05, 4.69) is 34.6 Å². The number of anilines is 1. The third-order valence-corrected chi connectivity index (χ3v) is 8.48. The zero-order valence-corrected chi connectivity index (χ0v) is 26.3. The lowest BCUT2D eigenvalue weighted by Gasteiger charge is -2.06. The Balaban J connectivity index is 0.973. The summed E-state index contributed by atoms with van der Waals surface area (Å²) in [4.78, 5) is 12.5. The van der Waals surface area contributed by atoms with Crippen LogP contribution in [0.25, 0.3) is 44.8 Å². The van der Waals surface area contributed by atoms with Crippen LogP contribution in [0.2, 0.25) is 0 Å². The highest BCUT2D eigenvalue weighted by Gasteiger charge is 2.16. The van der Waals surface area contributed by atoms with Crippen LogP contribution in [0.15, 0.2) is 75.6 Å². The Kier molecular flexibility index (Phi) is 12.0. The second kappa shape index (κ2) is 16.8. The van der Waals surface area contributed by atoms with E-state index in [1.165, 1.54) is 83.5 Å². The van der Waals surface area contributed by atoms with Crippen molar-refractivity contribution in [2.45, 2.75) is 110 Å². The quantitative estimate of drug-likeness (QED) is 0.0963. The van der Waals surface area contributed by atoms with Gasteiger partial charge in [0.05, 0.1) is 0 Å². The molecule has 232 valence electrons. The van der Waals surface area contributed by atoms with E-state index in [1.54, 1.807) is 0 Å². The van der Waals surface area contributed by atoms with E-state index in [0.29, 0.717) is 24.0 Å². The fourth-order valence-electron chi connectivity index (χ4n) is 5.91. The molecular weight excluding hydrogens is 546 g/mol. The fourth-order valence-corrected chi connectivity index (χ4v) is 5.91. The fraction of sp³-hybridized carbons (Fsp3) is 0.447. The topological polar surface area (TPSA) is 81.2 Å². The lowest BCUT2D eigenvalue weighted by molar-refractivity contribution is -0.116. The van der Waals surface area contributed by atoms with Crippen LogP contribution >= 0.6 is 0 Å². The molecule has 0 unspecified atom stereocenters. The summed E-state index contributed by atoms with van der Waals surface area (Å²) in [5.41, 5.74) is 2.33. The average Bonchev–Trinajstić information content (AvgIpc) is 3.71. The summed E-state index contributed by atoms with van der Waals surface area (Å²) < 4.78 is 12.0. The molecule has 0 aliphatic heterocycles. The van der Waals surface area contributed by atoms with Gasteiger partial charge < -0.3 is 14.2 Å². The number of carbonyl (C=O) groups excluding carboxylic acids is 1. The maximum absolute atomic E-state index is 12.5. The molecule has 0 atom stereocenters. The third-order valence-electron chi connectivity index (χ3n) is 8.48. The number of amides is 1. The van der Waals surface area contributed by atoms with Crippen molar-refractivity contribution >= 4 is 33.3 Å². The molecule has 44 heavy (non-hydrogen) atoms. The van der Waals surface area contributed by atoms with E-state index in [9.17, 15) is 4.79 Å². The van der Waals surface area contributed by atoms with Gasteiger partial charge >= 0.3 is 0 Å². The van der Waals surface area contributed by atoms with Gasteiger partial charge in [-0.1, -0.05) is 127 Å². The number of furan rings is 1. The number of aromatic nitrogens is 2. The highest BCUT2D eigenvalue weighted by Crippen LogP contribution is 2.33. The van der Waals surface area contributed by atoms with Crippen molar-refractivity contribution in [3.8, 4) is 23.1 Å². The summed E-state index contributed by atoms with van der Waals surface area (Å²) in [5.74, 6) is 1.34. The van der Waals surface area contributed by atoms with Gasteiger partial charge in [-0.25, -0.2) is 0 Å². The Morgan fingerprint density at radius 3 is 1.93 bits per heavy atom. The maximum atomic E-state index is 12.5. The van der Waals surface area contributed by atoms with Gasteiger partial charge in [0.25, 0.3) is 5.89 Å². The highest BCUT2D eigenvalue weighted by atomic mass is 16.4. The van der Waals surface area contributed by atoms with Crippen molar-refractivity contribution in [3.05, 3.63) is 66.7 Å². The second-order valence-corrected chi connectivity index (χ2v) is 12.0. The van der Waals surface area contributed by atoms with Crippen LogP contribution in [-0.4, -0.2) is 16.1 Å². The first-order valence-electron chi connectivity index (χ1n) is 16.9. The molecular formula is C38H47N3O3. The predicted octanol–water partition coefficient (Wildman–Crippen LogP) is 11.5. The summed E-state index contributed by atoms with van der Waals surface area (Å²) in [6.07, 6.45) is 20.4. The number of hydrogen-bond acceptors (Lipinski definition) is 5. The van der Waals surface area contributed by atoms with Gasteiger partial charge in [-0.15, -0.1) is 10.2 Å². The number of benzene rings is 3. The van der Waals surface area contributed by atoms with Crippen molar-refractivity contribution in [1.29, 1.82) is 0 Å². The summed E-state index contributed by atoms with van der Waals surface area (Å²) in [6, 6.07) is 21.7. The van der Waals surface area contributed by atoms with Crippen molar-refractivity contribution < 1.29 is 13.6 Å². The minimum absolute atomic E-state index is 0.0601. The van der Waals surface area contributed by atoms with Gasteiger partial charge in [0.1, 0.15) is 5.58 Å². The number of nitrogens with one attached hydrogen (secondary N) is 1. The minimum atomic E-state index is 0.0601. The summed E-state index contributed by atoms with van der Waals surface area (Å²) >= 11 is 0. The smallest absolute Gasteiger partial charge is 0.283 e. The molecule has 5 aromatic rings. The standard InChI is InChI=1S/C38H47N3O3/c1-2-3-4-5-6-7-8-9-10-11-12-13-14-15-16-21-36(42)39-31-25-22-30(23-26-31)37-40-41-38(44-37)35-28-33-32-20-18-17-19-29(32)24-27-34(33)43-35/h17-20,22-28H,2-16,21H2,1H3,(H,39,42). The Bertz CT molecular complexity index is 1580. The molecule has 0 aliphatic rings. The zero-order chi connectivity index (χ0) is 30.4. The first-order chi connectivity index (χ1) is 21.7. The molecule has 1 amide bonds. The number of rotatable bonds is 19. The van der Waals surface area contributed by atoms with Crippen molar-refractivity contribution in [2.75, 3.05) is 5.32 Å². The van der Waals surface area contributed by atoms with E-state index in [1.807, 2.05) is 54.6 Å². The van der Waals surface area contributed by atoms with Gasteiger partial charge in [0.15, 0.2) is 5.76 Å². The van der Waals surface area contributed by atoms with Crippen LogP contribution in [-0.2, 0) is 4.79 Å². The molecule has 0 radical (unpaired) electrons. The van der Waals surface area contributed by atoms with Crippen molar-refractivity contribution in [2.24, 2.45) is 0 Å². The van der Waals surface area contributed by atoms with E-state index in [4.69, 9.17) is 8.83 Å². The Morgan fingerprint density at radius 1 is 0.636 bits per heavy atom. The van der Waals surface area contributed by atoms with Crippen LogP contribution in [0.1, 0.15) is 110 Å². The van der Waals surface area contributed by atoms with Crippen LogP contribution < -0.4 is 5.32 Å². The molecule has 0 saturated heterocycles. The summed E-state index contributed by atoms with van der Waals surface area (Å²) in [7, 11) is 0. The molecule has 6 nitrogen and oxygen atoms in total. The van der Waals surface area contributed by atoms with E-state index < -0.39 is 0 Å². The average molecular weight is 594 g/mol. The van der Waals surface area contributed by atoms with E-state index in [-0.39, 0.29) is 5.91 Å². The molecule has 0 aliphatic carbocycles. The first-order valence-corrected chi connectivity index (χ1v) is 16.9. The first kappa shape index (κ1) is 31.5. The number of fused-ring (bicyclic) bond motifs is 3. The SMILES string of the molecule is CCCCCCCCCCCCCCCCCC(=O)Nc1ccc(-c2nnc(-c3cc4c(ccc5ccccc54)o3)o2)cc1. The van der Waals surface area contributed by atoms with Crippen molar-refractivity contribution in [3.63, 3.8) is 0 Å². The maximum Gasteiger partial charge on any atom is 0.283 e. The molecule has 0 bridgehead atoms. The Hall–Kier alpha value is -3.93. The van der Waals surface area contributed by atoms with Gasteiger partial charge in [0.2, 0.25) is 11.8 Å². The lowest BCUT2D eigenvalue weighted by Crippen LogP contribution is -2.10. The molecule has 0 spiro atoms. The largest absolute Gasteiger partial charge is 0.451 e. The van der Waals surface area contributed by atoms with Gasteiger partial charge in [-0.05, 0) is 53.6 Å². The summed E-state index contributed by atoms with van der Waals surface area (Å²) in [6.45, 7) is 2.28. The zero-order valence-electron chi connectivity index (χ0n) is 26.3. The molecule has 0 saturated carbocycles. The predicted molar refractivity (Wildman–Crippen MR) is 181 cm³/mol. The minimum Gasteiger partial charge on any atom is -0.451 e. The van der Waals surface area contributed by atoms with Crippen LogP contribution in [0.5, 0.6) is 0 Å². The van der Waals surface area contributed by atoms with Crippen molar-refractivity contribution in [1.82, 2.24) is 10.2 Å². The van der Waals surface area contributed by atoms with E-state index >= 15 is 0 Å². The number of carbonyl (C=O) groups is 1. The molecule has 0 fully saturated rings. The third kappa shape index (κ3) is 9.04.